The third-order valence-corrected chi connectivity index (χ3v) is 4.91. The van der Waals surface area contributed by atoms with Gasteiger partial charge in [0.05, 0.1) is 13.2 Å². The van der Waals surface area contributed by atoms with E-state index in [-0.39, 0.29) is 0 Å². The number of aryl methyl sites for hydroxylation is 1. The molecule has 4 heteroatoms. The number of methoxy groups -OCH3 is 1. The number of benzene rings is 1. The first-order chi connectivity index (χ1) is 9.76. The van der Waals surface area contributed by atoms with E-state index in [9.17, 15) is 0 Å². The summed E-state index contributed by atoms with van der Waals surface area (Å²) in [5, 5.41) is 6.91. The molecule has 1 aliphatic carbocycles. The van der Waals surface area contributed by atoms with Crippen molar-refractivity contribution in [1.29, 1.82) is 0 Å². The van der Waals surface area contributed by atoms with Gasteiger partial charge in [-0.05, 0) is 49.4 Å². The fourth-order valence-corrected chi connectivity index (χ4v) is 3.53. The van der Waals surface area contributed by atoms with E-state index in [4.69, 9.17) is 4.74 Å². The van der Waals surface area contributed by atoms with Gasteiger partial charge in [0.25, 0.3) is 0 Å². The second-order valence-corrected chi connectivity index (χ2v) is 6.26. The maximum Gasteiger partial charge on any atom is 0.119 e. The van der Waals surface area contributed by atoms with E-state index >= 15 is 0 Å². The van der Waals surface area contributed by atoms with Crippen molar-refractivity contribution in [2.24, 2.45) is 0 Å². The van der Waals surface area contributed by atoms with Crippen LogP contribution in [0.5, 0.6) is 5.75 Å². The summed E-state index contributed by atoms with van der Waals surface area (Å²) in [7, 11) is 1.73. The lowest BCUT2D eigenvalue weighted by atomic mass is 9.88. The van der Waals surface area contributed by atoms with Crippen LogP contribution >= 0.6 is 11.3 Å². The van der Waals surface area contributed by atoms with Crippen LogP contribution in [-0.2, 0) is 12.8 Å². The predicted octanol–water partition coefficient (Wildman–Crippen LogP) is 3.36. The van der Waals surface area contributed by atoms with Crippen LogP contribution in [0, 0.1) is 0 Å². The zero-order chi connectivity index (χ0) is 13.9. The van der Waals surface area contributed by atoms with E-state index in [0.29, 0.717) is 12.1 Å². The molecule has 1 aromatic heterocycles. The van der Waals surface area contributed by atoms with Gasteiger partial charge < -0.3 is 10.1 Å². The van der Waals surface area contributed by atoms with E-state index < -0.39 is 0 Å². The topological polar surface area (TPSA) is 34.1 Å². The molecule has 2 unspecified atom stereocenters. The van der Waals surface area contributed by atoms with Gasteiger partial charge in [-0.3, -0.25) is 0 Å². The Morgan fingerprint density at radius 2 is 2.30 bits per heavy atom. The first kappa shape index (κ1) is 13.6. The van der Waals surface area contributed by atoms with Crippen LogP contribution < -0.4 is 10.1 Å². The molecule has 3 nitrogen and oxygen atoms in total. The minimum Gasteiger partial charge on any atom is -0.497 e. The maximum absolute atomic E-state index is 5.33. The Morgan fingerprint density at radius 3 is 3.05 bits per heavy atom. The standard InChI is InChI=1S/C16H20N2OS/c1-11(16-17-7-8-20-16)18-14-5-3-12-4-6-15(19-2)10-13(12)9-14/h4,6-8,10-11,14,18H,3,5,9H2,1-2H3. The first-order valence-electron chi connectivity index (χ1n) is 7.07. The molecule has 2 aromatic rings. The van der Waals surface area contributed by atoms with E-state index in [1.165, 1.54) is 22.6 Å². The van der Waals surface area contributed by atoms with Gasteiger partial charge in [-0.1, -0.05) is 6.07 Å². The van der Waals surface area contributed by atoms with Crippen molar-refractivity contribution in [2.45, 2.75) is 38.3 Å². The number of nitrogens with zero attached hydrogens (tertiary/aromatic N) is 1. The third-order valence-electron chi connectivity index (χ3n) is 3.95. The van der Waals surface area contributed by atoms with Crippen LogP contribution in [0.15, 0.2) is 29.8 Å². The second-order valence-electron chi connectivity index (χ2n) is 5.33. The lowest BCUT2D eigenvalue weighted by Crippen LogP contribution is -2.36. The average Bonchev–Trinajstić information content (AvgIpc) is 3.00. The van der Waals surface area contributed by atoms with Crippen molar-refractivity contribution in [3.8, 4) is 5.75 Å². The third kappa shape index (κ3) is 2.86. The molecule has 0 saturated carbocycles. The van der Waals surface area contributed by atoms with Crippen molar-refractivity contribution in [1.82, 2.24) is 10.3 Å². The van der Waals surface area contributed by atoms with Crippen LogP contribution in [-0.4, -0.2) is 18.1 Å². The van der Waals surface area contributed by atoms with E-state index in [0.717, 1.165) is 18.6 Å². The number of fused-ring (bicyclic) bond motifs is 1. The second kappa shape index (κ2) is 5.94. The highest BCUT2D eigenvalue weighted by Gasteiger charge is 2.21. The molecule has 1 aromatic carbocycles. The monoisotopic (exact) mass is 288 g/mol. The molecule has 1 heterocycles. The van der Waals surface area contributed by atoms with Crippen molar-refractivity contribution >= 4 is 11.3 Å². The molecule has 0 bridgehead atoms. The highest BCUT2D eigenvalue weighted by Crippen LogP contribution is 2.27. The minimum absolute atomic E-state index is 0.326. The molecule has 106 valence electrons. The van der Waals surface area contributed by atoms with Gasteiger partial charge >= 0.3 is 0 Å². The number of rotatable bonds is 4. The van der Waals surface area contributed by atoms with Crippen LogP contribution in [0.25, 0.3) is 0 Å². The lowest BCUT2D eigenvalue weighted by molar-refractivity contribution is 0.402. The Labute approximate surface area is 124 Å². The van der Waals surface area contributed by atoms with Gasteiger partial charge in [-0.25, -0.2) is 4.98 Å². The van der Waals surface area contributed by atoms with Gasteiger partial charge in [0.15, 0.2) is 0 Å². The molecule has 0 amide bonds. The predicted molar refractivity (Wildman–Crippen MR) is 82.5 cm³/mol. The molecule has 0 saturated heterocycles. The number of aromatic nitrogens is 1. The normalized spacial score (nSPS) is 19.4. The molecule has 1 N–H and O–H groups in total. The Kier molecular flexibility index (Phi) is 4.03. The zero-order valence-corrected chi connectivity index (χ0v) is 12.7. The molecule has 2 atom stereocenters. The van der Waals surface area contributed by atoms with Crippen molar-refractivity contribution in [3.05, 3.63) is 45.9 Å². The van der Waals surface area contributed by atoms with Crippen LogP contribution in [0.3, 0.4) is 0 Å². The van der Waals surface area contributed by atoms with Gasteiger partial charge in [0.1, 0.15) is 10.8 Å². The number of thiazole rings is 1. The summed E-state index contributed by atoms with van der Waals surface area (Å²) in [5.41, 5.74) is 2.88. The van der Waals surface area contributed by atoms with E-state index in [1.54, 1.807) is 18.4 Å². The highest BCUT2D eigenvalue weighted by atomic mass is 32.1. The fraction of sp³-hybridized carbons (Fsp3) is 0.438. The summed E-state index contributed by atoms with van der Waals surface area (Å²) in [4.78, 5) is 4.39. The SMILES string of the molecule is COc1ccc2c(c1)CC(NC(C)c1nccs1)CC2. The molecule has 3 rings (SSSR count). The molecule has 20 heavy (non-hydrogen) atoms. The van der Waals surface area contributed by atoms with Gasteiger partial charge in [-0.15, -0.1) is 11.3 Å². The fourth-order valence-electron chi connectivity index (χ4n) is 2.88. The molecule has 0 spiro atoms. The highest BCUT2D eigenvalue weighted by molar-refractivity contribution is 7.09. The van der Waals surface area contributed by atoms with Crippen molar-refractivity contribution in [3.63, 3.8) is 0 Å². The number of nitrogens with one attached hydrogen (secondary N) is 1. The molecule has 1 aliphatic rings. The summed E-state index contributed by atoms with van der Waals surface area (Å²) >= 11 is 1.72. The Balaban J connectivity index is 1.68. The van der Waals surface area contributed by atoms with Crippen molar-refractivity contribution in [2.75, 3.05) is 7.11 Å². The first-order valence-corrected chi connectivity index (χ1v) is 7.95. The van der Waals surface area contributed by atoms with Crippen LogP contribution in [0.4, 0.5) is 0 Å². The Bertz CT molecular complexity index is 568. The molecule has 0 fully saturated rings. The van der Waals surface area contributed by atoms with Crippen LogP contribution in [0.1, 0.15) is 35.5 Å². The molecular formula is C16H20N2OS. The molecule has 0 radical (unpaired) electrons. The van der Waals surface area contributed by atoms with Gasteiger partial charge in [0.2, 0.25) is 0 Å². The minimum atomic E-state index is 0.326. The zero-order valence-electron chi connectivity index (χ0n) is 11.9. The van der Waals surface area contributed by atoms with Gasteiger partial charge in [0, 0.05) is 17.6 Å². The quantitative estimate of drug-likeness (QED) is 0.936. The van der Waals surface area contributed by atoms with Gasteiger partial charge in [-0.2, -0.15) is 0 Å². The number of hydrogen-bond donors (Lipinski definition) is 1. The van der Waals surface area contributed by atoms with Crippen LogP contribution in [0.2, 0.25) is 0 Å². The van der Waals surface area contributed by atoms with E-state index in [1.807, 2.05) is 11.6 Å². The summed E-state index contributed by atoms with van der Waals surface area (Å²) in [6.45, 7) is 2.19. The summed E-state index contributed by atoms with van der Waals surface area (Å²) < 4.78 is 5.33. The number of hydrogen-bond acceptors (Lipinski definition) is 4. The summed E-state index contributed by atoms with van der Waals surface area (Å²) in [6.07, 6.45) is 5.28. The number of ether oxygens (including phenoxy) is 1. The smallest absolute Gasteiger partial charge is 0.119 e. The molecular weight excluding hydrogens is 268 g/mol. The summed E-state index contributed by atoms with van der Waals surface area (Å²) in [5.74, 6) is 0.956. The summed E-state index contributed by atoms with van der Waals surface area (Å²) in [6, 6.07) is 7.29. The van der Waals surface area contributed by atoms with E-state index in [2.05, 4.69) is 35.4 Å². The average molecular weight is 288 g/mol. The molecule has 0 aliphatic heterocycles. The lowest BCUT2D eigenvalue weighted by Gasteiger charge is -2.28. The maximum atomic E-state index is 5.33. The largest absolute Gasteiger partial charge is 0.497 e. The Morgan fingerprint density at radius 1 is 1.40 bits per heavy atom. The Hall–Kier alpha value is -1.39. The van der Waals surface area contributed by atoms with Crippen molar-refractivity contribution < 1.29 is 4.74 Å².